The number of piperazine rings is 1. The van der Waals surface area contributed by atoms with Gasteiger partial charge in [0.15, 0.2) is 0 Å². The van der Waals surface area contributed by atoms with Crippen LogP contribution >= 0.6 is 0 Å². The average molecular weight is 362 g/mol. The quantitative estimate of drug-likeness (QED) is 0.752. The molecule has 144 valence electrons. The fourth-order valence-corrected chi connectivity index (χ4v) is 2.76. The van der Waals surface area contributed by atoms with Crippen molar-refractivity contribution in [3.63, 3.8) is 0 Å². The molecule has 0 spiro atoms. The number of aryl methyl sites for hydroxylation is 1. The van der Waals surface area contributed by atoms with Crippen LogP contribution in [-0.4, -0.2) is 77.4 Å². The predicted molar refractivity (Wildman–Crippen MR) is 104 cm³/mol. The molecule has 6 nitrogen and oxygen atoms in total. The summed E-state index contributed by atoms with van der Waals surface area (Å²) >= 11 is 0. The number of hydrogen-bond acceptors (Lipinski definition) is 5. The van der Waals surface area contributed by atoms with Crippen LogP contribution in [0.25, 0.3) is 0 Å². The van der Waals surface area contributed by atoms with Crippen LogP contribution in [0.5, 0.6) is 0 Å². The van der Waals surface area contributed by atoms with Crippen molar-refractivity contribution in [2.75, 3.05) is 33.2 Å². The molecular formula is C19H31BN2O4. The lowest BCUT2D eigenvalue weighted by atomic mass is 9.74. The first-order valence-electron chi connectivity index (χ1n) is 9.09. The summed E-state index contributed by atoms with van der Waals surface area (Å²) in [5.74, 6) is 0.0139. The molecule has 1 aromatic carbocycles. The van der Waals surface area contributed by atoms with Gasteiger partial charge in [-0.1, -0.05) is 11.6 Å². The van der Waals surface area contributed by atoms with Crippen molar-refractivity contribution < 1.29 is 19.6 Å². The van der Waals surface area contributed by atoms with Crippen molar-refractivity contribution in [3.8, 4) is 0 Å². The third-order valence-electron chi connectivity index (χ3n) is 5.45. The molecule has 0 radical (unpaired) electrons. The van der Waals surface area contributed by atoms with Crippen LogP contribution in [0.1, 0.15) is 43.6 Å². The highest BCUT2D eigenvalue weighted by Gasteiger charge is 2.39. The molecule has 0 saturated carbocycles. The first-order valence-corrected chi connectivity index (χ1v) is 9.09. The minimum absolute atomic E-state index is 0.0139. The highest BCUT2D eigenvalue weighted by molar-refractivity contribution is 6.60. The summed E-state index contributed by atoms with van der Waals surface area (Å²) in [6, 6.07) is 5.25. The van der Waals surface area contributed by atoms with E-state index in [0.717, 1.165) is 31.7 Å². The first-order chi connectivity index (χ1) is 11.9. The van der Waals surface area contributed by atoms with E-state index in [0.29, 0.717) is 11.0 Å². The molecule has 0 aromatic heterocycles. The number of hydrogen-bond donors (Lipinski definition) is 2. The Morgan fingerprint density at radius 1 is 1.15 bits per heavy atom. The van der Waals surface area contributed by atoms with Crippen LogP contribution in [0.15, 0.2) is 18.2 Å². The smallest absolute Gasteiger partial charge is 0.423 e. The molecule has 7 heteroatoms. The minimum atomic E-state index is -1.18. The second kappa shape index (κ2) is 7.68. The molecule has 0 aliphatic carbocycles. The standard InChI is InChI=1S/C19H31BN2O4/c1-14-13-15(17(23)22-11-9-21(6)10-12-22)7-8-16(14)20(25)26-19(4,5)18(2,3)24/h7-8,13,24-25H,9-12H2,1-6H3. The molecule has 1 amide bonds. The van der Waals surface area contributed by atoms with E-state index in [9.17, 15) is 14.9 Å². The van der Waals surface area contributed by atoms with Crippen molar-refractivity contribution >= 4 is 18.5 Å². The fourth-order valence-electron chi connectivity index (χ4n) is 2.76. The van der Waals surface area contributed by atoms with Crippen molar-refractivity contribution in [1.29, 1.82) is 0 Å². The molecule has 0 unspecified atom stereocenters. The number of likely N-dealkylation sites (N-methyl/N-ethyl adjacent to an activating group) is 1. The van der Waals surface area contributed by atoms with E-state index in [1.54, 1.807) is 45.9 Å². The number of benzene rings is 1. The van der Waals surface area contributed by atoms with Crippen LogP contribution < -0.4 is 5.46 Å². The highest BCUT2D eigenvalue weighted by Crippen LogP contribution is 2.25. The Labute approximate surface area is 156 Å². The van der Waals surface area contributed by atoms with Gasteiger partial charge >= 0.3 is 7.12 Å². The summed E-state index contributed by atoms with van der Waals surface area (Å²) in [7, 11) is 0.876. The number of rotatable bonds is 5. The molecule has 1 heterocycles. The molecule has 2 rings (SSSR count). The summed E-state index contributed by atoms with van der Waals surface area (Å²) in [6.45, 7) is 11.8. The number of carbonyl (C=O) groups excluding carboxylic acids is 1. The van der Waals surface area contributed by atoms with Gasteiger partial charge in [-0.2, -0.15) is 0 Å². The zero-order valence-corrected chi connectivity index (χ0v) is 16.7. The number of amides is 1. The zero-order chi connectivity index (χ0) is 19.7. The fraction of sp³-hybridized carbons (Fsp3) is 0.632. The highest BCUT2D eigenvalue weighted by atomic mass is 16.5. The lowest BCUT2D eigenvalue weighted by Crippen LogP contribution is -2.53. The maximum Gasteiger partial charge on any atom is 0.491 e. The van der Waals surface area contributed by atoms with Gasteiger partial charge in [-0.05, 0) is 59.3 Å². The van der Waals surface area contributed by atoms with Crippen LogP contribution in [0.3, 0.4) is 0 Å². The van der Waals surface area contributed by atoms with Gasteiger partial charge in [0.1, 0.15) is 0 Å². The zero-order valence-electron chi connectivity index (χ0n) is 16.7. The number of carbonyl (C=O) groups is 1. The molecule has 26 heavy (non-hydrogen) atoms. The van der Waals surface area contributed by atoms with E-state index in [2.05, 4.69) is 11.9 Å². The normalized spacial score (nSPS) is 16.7. The largest absolute Gasteiger partial charge is 0.491 e. The van der Waals surface area contributed by atoms with E-state index >= 15 is 0 Å². The van der Waals surface area contributed by atoms with Gasteiger partial charge in [0.25, 0.3) is 5.91 Å². The maximum atomic E-state index is 12.7. The monoisotopic (exact) mass is 362 g/mol. The average Bonchev–Trinajstić information content (AvgIpc) is 2.53. The first kappa shape index (κ1) is 20.9. The van der Waals surface area contributed by atoms with Crippen molar-refractivity contribution in [2.45, 2.75) is 45.8 Å². The Balaban J connectivity index is 2.12. The van der Waals surface area contributed by atoms with E-state index in [1.165, 1.54) is 0 Å². The molecule has 1 saturated heterocycles. The summed E-state index contributed by atoms with van der Waals surface area (Å²) in [4.78, 5) is 16.7. The summed E-state index contributed by atoms with van der Waals surface area (Å²) in [6.07, 6.45) is 0. The Morgan fingerprint density at radius 3 is 2.23 bits per heavy atom. The molecule has 1 aromatic rings. The van der Waals surface area contributed by atoms with Gasteiger partial charge in [0.2, 0.25) is 0 Å². The van der Waals surface area contributed by atoms with E-state index in [4.69, 9.17) is 4.65 Å². The molecule has 0 atom stereocenters. The number of nitrogens with zero attached hydrogens (tertiary/aromatic N) is 2. The van der Waals surface area contributed by atoms with Crippen LogP contribution in [0.2, 0.25) is 0 Å². The lowest BCUT2D eigenvalue weighted by Gasteiger charge is -2.38. The van der Waals surface area contributed by atoms with Gasteiger partial charge in [0.05, 0.1) is 11.2 Å². The summed E-state index contributed by atoms with van der Waals surface area (Å²) < 4.78 is 5.70. The Hall–Kier alpha value is -1.41. The molecule has 2 N–H and O–H groups in total. The van der Waals surface area contributed by atoms with Crippen LogP contribution in [-0.2, 0) is 4.65 Å². The predicted octanol–water partition coefficient (Wildman–Crippen LogP) is 0.636. The summed E-state index contributed by atoms with van der Waals surface area (Å²) in [5, 5.41) is 20.7. The van der Waals surface area contributed by atoms with Crippen LogP contribution in [0, 0.1) is 6.92 Å². The molecule has 1 fully saturated rings. The molecular weight excluding hydrogens is 331 g/mol. The van der Waals surface area contributed by atoms with Gasteiger partial charge < -0.3 is 24.6 Å². The Kier molecular flexibility index (Phi) is 6.18. The van der Waals surface area contributed by atoms with Gasteiger partial charge in [-0.15, -0.1) is 0 Å². The Bertz CT molecular complexity index is 649. The van der Waals surface area contributed by atoms with E-state index < -0.39 is 18.3 Å². The number of aliphatic hydroxyl groups is 1. The van der Waals surface area contributed by atoms with E-state index in [1.807, 2.05) is 11.8 Å². The third kappa shape index (κ3) is 4.65. The third-order valence-corrected chi connectivity index (χ3v) is 5.45. The van der Waals surface area contributed by atoms with Gasteiger partial charge in [-0.3, -0.25) is 4.79 Å². The molecule has 0 bridgehead atoms. The van der Waals surface area contributed by atoms with Crippen molar-refractivity contribution in [3.05, 3.63) is 29.3 Å². The van der Waals surface area contributed by atoms with Gasteiger partial charge in [-0.25, -0.2) is 0 Å². The summed E-state index contributed by atoms with van der Waals surface area (Å²) in [5.41, 5.74) is -0.0575. The van der Waals surface area contributed by atoms with E-state index in [-0.39, 0.29) is 5.91 Å². The topological polar surface area (TPSA) is 73.2 Å². The molecule has 1 aliphatic rings. The SMILES string of the molecule is Cc1cc(C(=O)N2CCN(C)CC2)ccc1B(O)OC(C)(C)C(C)(C)O. The second-order valence-corrected chi connectivity index (χ2v) is 8.21. The maximum absolute atomic E-state index is 12.7. The minimum Gasteiger partial charge on any atom is -0.423 e. The van der Waals surface area contributed by atoms with Gasteiger partial charge in [0, 0.05) is 31.7 Å². The second-order valence-electron chi connectivity index (χ2n) is 8.21. The molecule has 1 aliphatic heterocycles. The van der Waals surface area contributed by atoms with Crippen molar-refractivity contribution in [2.24, 2.45) is 0 Å². The van der Waals surface area contributed by atoms with Crippen LogP contribution in [0.4, 0.5) is 0 Å². The Morgan fingerprint density at radius 2 is 1.73 bits per heavy atom. The van der Waals surface area contributed by atoms with Crippen molar-refractivity contribution in [1.82, 2.24) is 9.80 Å². The lowest BCUT2D eigenvalue weighted by molar-refractivity contribution is -0.0982.